The molecule has 106 valence electrons. The maximum absolute atomic E-state index is 4.81. The second kappa shape index (κ2) is 5.78. The third-order valence-electron chi connectivity index (χ3n) is 3.75. The highest BCUT2D eigenvalue weighted by molar-refractivity contribution is 9.10. The zero-order valence-corrected chi connectivity index (χ0v) is 14.0. The summed E-state index contributed by atoms with van der Waals surface area (Å²) < 4.78 is 0.888. The van der Waals surface area contributed by atoms with Gasteiger partial charge in [-0.3, -0.25) is 0 Å². The van der Waals surface area contributed by atoms with Gasteiger partial charge in [-0.15, -0.1) is 0 Å². The number of hydrogen-bond acceptors (Lipinski definition) is 3. The van der Waals surface area contributed by atoms with Gasteiger partial charge in [-0.05, 0) is 35.7 Å². The van der Waals surface area contributed by atoms with Gasteiger partial charge >= 0.3 is 0 Å². The average Bonchev–Trinajstić information content (AvgIpc) is 2.82. The largest absolute Gasteiger partial charge is 0.354 e. The Labute approximate surface area is 125 Å². The van der Waals surface area contributed by atoms with Crippen LogP contribution < -0.4 is 4.90 Å². The molecule has 1 heterocycles. The third kappa shape index (κ3) is 3.47. The number of aromatic nitrogens is 2. The Kier molecular flexibility index (Phi) is 4.49. The first-order valence-electron chi connectivity index (χ1n) is 7.23. The predicted octanol–water partition coefficient (Wildman–Crippen LogP) is 4.31. The Morgan fingerprint density at radius 1 is 1.26 bits per heavy atom. The van der Waals surface area contributed by atoms with Crippen LogP contribution in [0.15, 0.2) is 10.7 Å². The Balaban J connectivity index is 2.34. The van der Waals surface area contributed by atoms with Crippen LogP contribution in [-0.2, 0) is 5.41 Å². The molecule has 0 amide bonds. The fraction of sp³-hybridized carbons (Fsp3) is 0.733. The molecule has 1 aliphatic rings. The van der Waals surface area contributed by atoms with Gasteiger partial charge in [-0.25, -0.2) is 9.97 Å². The molecule has 0 spiro atoms. The van der Waals surface area contributed by atoms with E-state index in [1.165, 1.54) is 25.7 Å². The van der Waals surface area contributed by atoms with Crippen LogP contribution in [0.5, 0.6) is 0 Å². The molecule has 0 atom stereocenters. The lowest BCUT2D eigenvalue weighted by atomic mass is 9.96. The molecule has 4 heteroatoms. The van der Waals surface area contributed by atoms with E-state index in [1.807, 2.05) is 0 Å². The van der Waals surface area contributed by atoms with Gasteiger partial charge in [-0.1, -0.05) is 33.6 Å². The fourth-order valence-corrected chi connectivity index (χ4v) is 3.08. The highest BCUT2D eigenvalue weighted by Crippen LogP contribution is 2.30. The summed E-state index contributed by atoms with van der Waals surface area (Å²) in [5.74, 6) is 1.98. The molecule has 0 N–H and O–H groups in total. The highest BCUT2D eigenvalue weighted by atomic mass is 79.9. The van der Waals surface area contributed by atoms with Crippen LogP contribution in [-0.4, -0.2) is 22.6 Å². The van der Waals surface area contributed by atoms with Gasteiger partial charge < -0.3 is 4.90 Å². The molecule has 1 aliphatic carbocycles. The summed E-state index contributed by atoms with van der Waals surface area (Å²) in [6.45, 7) is 9.70. The zero-order valence-electron chi connectivity index (χ0n) is 12.4. The number of hydrogen-bond donors (Lipinski definition) is 0. The van der Waals surface area contributed by atoms with E-state index < -0.39 is 0 Å². The van der Waals surface area contributed by atoms with Crippen molar-refractivity contribution in [3.8, 4) is 0 Å². The maximum Gasteiger partial charge on any atom is 0.137 e. The Bertz CT molecular complexity index is 434. The summed E-state index contributed by atoms with van der Waals surface area (Å²) in [5, 5.41) is 0. The maximum atomic E-state index is 4.81. The number of anilines is 1. The molecule has 0 aliphatic heterocycles. The molecule has 0 bridgehead atoms. The van der Waals surface area contributed by atoms with Crippen molar-refractivity contribution in [2.75, 3.05) is 11.4 Å². The van der Waals surface area contributed by atoms with E-state index >= 15 is 0 Å². The quantitative estimate of drug-likeness (QED) is 0.775. The summed E-state index contributed by atoms with van der Waals surface area (Å²) in [6.07, 6.45) is 5.28. The molecule has 1 aromatic rings. The van der Waals surface area contributed by atoms with Gasteiger partial charge in [0.2, 0.25) is 0 Å². The van der Waals surface area contributed by atoms with E-state index in [0.29, 0.717) is 6.04 Å². The SMILES string of the molecule is CCN(c1cc(Br)nc(C(C)(C)C)n1)C1CCCC1. The van der Waals surface area contributed by atoms with Crippen LogP contribution in [0.3, 0.4) is 0 Å². The predicted molar refractivity (Wildman–Crippen MR) is 83.7 cm³/mol. The van der Waals surface area contributed by atoms with Crippen LogP contribution in [0.2, 0.25) is 0 Å². The number of nitrogens with zero attached hydrogens (tertiary/aromatic N) is 3. The van der Waals surface area contributed by atoms with Crippen LogP contribution in [0, 0.1) is 0 Å². The van der Waals surface area contributed by atoms with Gasteiger partial charge in [0, 0.05) is 24.1 Å². The first kappa shape index (κ1) is 14.8. The molecule has 1 saturated carbocycles. The number of rotatable bonds is 3. The minimum atomic E-state index is -0.0202. The van der Waals surface area contributed by atoms with Crippen molar-refractivity contribution in [2.24, 2.45) is 0 Å². The van der Waals surface area contributed by atoms with E-state index in [2.05, 4.69) is 59.6 Å². The summed E-state index contributed by atoms with van der Waals surface area (Å²) in [4.78, 5) is 11.8. The molecular formula is C15H24BrN3. The Hall–Kier alpha value is -0.640. The summed E-state index contributed by atoms with van der Waals surface area (Å²) >= 11 is 3.53. The molecule has 19 heavy (non-hydrogen) atoms. The number of halogens is 1. The third-order valence-corrected chi connectivity index (χ3v) is 4.16. The normalized spacial score (nSPS) is 16.9. The molecular weight excluding hydrogens is 302 g/mol. The molecule has 1 fully saturated rings. The van der Waals surface area contributed by atoms with Crippen molar-refractivity contribution in [1.82, 2.24) is 9.97 Å². The molecule has 0 saturated heterocycles. The summed E-state index contributed by atoms with van der Waals surface area (Å²) in [5.41, 5.74) is -0.0202. The lowest BCUT2D eigenvalue weighted by molar-refractivity contribution is 0.537. The summed E-state index contributed by atoms with van der Waals surface area (Å²) in [7, 11) is 0. The first-order chi connectivity index (χ1) is 8.91. The van der Waals surface area contributed by atoms with Crippen LogP contribution in [0.1, 0.15) is 59.2 Å². The lowest BCUT2D eigenvalue weighted by Crippen LogP contribution is -2.34. The van der Waals surface area contributed by atoms with Crippen molar-refractivity contribution < 1.29 is 0 Å². The van der Waals surface area contributed by atoms with Crippen molar-refractivity contribution in [3.05, 3.63) is 16.5 Å². The fourth-order valence-electron chi connectivity index (χ4n) is 2.71. The van der Waals surface area contributed by atoms with Gasteiger partial charge in [0.15, 0.2) is 0 Å². The Morgan fingerprint density at radius 2 is 1.89 bits per heavy atom. The molecule has 3 nitrogen and oxygen atoms in total. The second-order valence-electron chi connectivity index (χ2n) is 6.35. The minimum absolute atomic E-state index is 0.0202. The lowest BCUT2D eigenvalue weighted by Gasteiger charge is -2.30. The molecule has 0 unspecified atom stereocenters. The smallest absolute Gasteiger partial charge is 0.137 e. The van der Waals surface area contributed by atoms with Gasteiger partial charge in [0.05, 0.1) is 0 Å². The topological polar surface area (TPSA) is 29.0 Å². The van der Waals surface area contributed by atoms with E-state index in [-0.39, 0.29) is 5.41 Å². The Morgan fingerprint density at radius 3 is 2.42 bits per heavy atom. The first-order valence-corrected chi connectivity index (χ1v) is 8.03. The highest BCUT2D eigenvalue weighted by Gasteiger charge is 2.25. The average molecular weight is 326 g/mol. The molecule has 0 radical (unpaired) electrons. The molecule has 2 rings (SSSR count). The monoisotopic (exact) mass is 325 g/mol. The van der Waals surface area contributed by atoms with Gasteiger partial charge in [0.25, 0.3) is 0 Å². The second-order valence-corrected chi connectivity index (χ2v) is 7.16. The van der Waals surface area contributed by atoms with E-state index in [0.717, 1.165) is 22.8 Å². The van der Waals surface area contributed by atoms with Crippen molar-refractivity contribution in [2.45, 2.75) is 64.8 Å². The molecule has 0 aromatic carbocycles. The van der Waals surface area contributed by atoms with Gasteiger partial charge in [0.1, 0.15) is 16.2 Å². The van der Waals surface area contributed by atoms with Gasteiger partial charge in [-0.2, -0.15) is 0 Å². The standard InChI is InChI=1S/C15H24BrN3/c1-5-19(11-8-6-7-9-11)13-10-12(16)17-14(18-13)15(2,3)4/h10-11H,5-9H2,1-4H3. The van der Waals surface area contributed by atoms with E-state index in [4.69, 9.17) is 4.98 Å². The van der Waals surface area contributed by atoms with Crippen molar-refractivity contribution in [1.29, 1.82) is 0 Å². The van der Waals surface area contributed by atoms with Crippen LogP contribution >= 0.6 is 15.9 Å². The van der Waals surface area contributed by atoms with E-state index in [9.17, 15) is 0 Å². The van der Waals surface area contributed by atoms with Crippen LogP contribution in [0.25, 0.3) is 0 Å². The van der Waals surface area contributed by atoms with Crippen molar-refractivity contribution in [3.63, 3.8) is 0 Å². The minimum Gasteiger partial charge on any atom is -0.354 e. The summed E-state index contributed by atoms with van der Waals surface area (Å²) in [6, 6.07) is 2.71. The molecule has 1 aromatic heterocycles. The zero-order chi connectivity index (χ0) is 14.0. The van der Waals surface area contributed by atoms with E-state index in [1.54, 1.807) is 0 Å². The van der Waals surface area contributed by atoms with Crippen molar-refractivity contribution >= 4 is 21.7 Å². The van der Waals surface area contributed by atoms with Crippen LogP contribution in [0.4, 0.5) is 5.82 Å².